The second kappa shape index (κ2) is 5.87. The Morgan fingerprint density at radius 3 is 2.71 bits per heavy atom. The largest absolute Gasteiger partial charge is 0.323 e. The van der Waals surface area contributed by atoms with Crippen molar-refractivity contribution < 1.29 is 4.79 Å². The Morgan fingerprint density at radius 2 is 1.95 bits per heavy atom. The van der Waals surface area contributed by atoms with E-state index in [0.29, 0.717) is 0 Å². The van der Waals surface area contributed by atoms with Crippen LogP contribution in [0.25, 0.3) is 0 Å². The van der Waals surface area contributed by atoms with Gasteiger partial charge in [0.05, 0.1) is 11.4 Å². The van der Waals surface area contributed by atoms with Gasteiger partial charge < -0.3 is 5.32 Å². The highest BCUT2D eigenvalue weighted by molar-refractivity contribution is 6.17. The third-order valence-electron chi connectivity index (χ3n) is 3.39. The predicted molar refractivity (Wildman–Crippen MR) is 83.8 cm³/mol. The first-order chi connectivity index (χ1) is 10.3. The van der Waals surface area contributed by atoms with Crippen LogP contribution in [0.3, 0.4) is 0 Å². The number of aromatic nitrogens is 1. The van der Waals surface area contributed by atoms with Crippen molar-refractivity contribution in [2.45, 2.75) is 19.8 Å². The lowest BCUT2D eigenvalue weighted by atomic mass is 10.0. The number of amides is 1. The standard InChI is InChI=1S/C17H17N3O/c1-2-6-13-9-10-14-17(19-13)16(18-11-15(21)20-14)12-7-4-3-5-8-12/h3-5,7-10H,2,6,11H2,1H3,(H,20,21). The second-order valence-electron chi connectivity index (χ2n) is 5.03. The number of aliphatic imine (C=N–C) groups is 1. The summed E-state index contributed by atoms with van der Waals surface area (Å²) in [5.74, 6) is -0.104. The van der Waals surface area contributed by atoms with Gasteiger partial charge >= 0.3 is 0 Å². The van der Waals surface area contributed by atoms with E-state index >= 15 is 0 Å². The SMILES string of the molecule is CCCc1ccc2c(n1)C(c1ccccc1)=NCC(=O)N2. The molecule has 2 heterocycles. The first kappa shape index (κ1) is 13.5. The summed E-state index contributed by atoms with van der Waals surface area (Å²) in [6.45, 7) is 2.25. The van der Waals surface area contributed by atoms with Gasteiger partial charge in [0.2, 0.25) is 5.91 Å². The number of carbonyl (C=O) groups excluding carboxylic acids is 1. The van der Waals surface area contributed by atoms with Crippen molar-refractivity contribution in [2.24, 2.45) is 4.99 Å². The van der Waals surface area contributed by atoms with Gasteiger partial charge in [0.25, 0.3) is 0 Å². The van der Waals surface area contributed by atoms with Crippen molar-refractivity contribution in [3.05, 3.63) is 59.4 Å². The maximum absolute atomic E-state index is 11.8. The number of benzene rings is 1. The molecule has 0 radical (unpaired) electrons. The number of rotatable bonds is 3. The van der Waals surface area contributed by atoms with Gasteiger partial charge in [0, 0.05) is 11.3 Å². The summed E-state index contributed by atoms with van der Waals surface area (Å²) in [5, 5.41) is 2.88. The van der Waals surface area contributed by atoms with Crippen LogP contribution in [-0.2, 0) is 11.2 Å². The highest BCUT2D eigenvalue weighted by Gasteiger charge is 2.19. The number of hydrogen-bond acceptors (Lipinski definition) is 3. The molecular formula is C17H17N3O. The summed E-state index contributed by atoms with van der Waals surface area (Å²) in [5.41, 5.74) is 4.28. The van der Waals surface area contributed by atoms with Gasteiger partial charge in [-0.15, -0.1) is 0 Å². The summed E-state index contributed by atoms with van der Waals surface area (Å²) < 4.78 is 0. The van der Waals surface area contributed by atoms with E-state index in [-0.39, 0.29) is 12.5 Å². The molecule has 0 aliphatic carbocycles. The van der Waals surface area contributed by atoms with E-state index < -0.39 is 0 Å². The van der Waals surface area contributed by atoms with Gasteiger partial charge in [0.15, 0.2) is 0 Å². The minimum Gasteiger partial charge on any atom is -0.323 e. The van der Waals surface area contributed by atoms with Crippen molar-refractivity contribution in [1.29, 1.82) is 0 Å². The van der Waals surface area contributed by atoms with E-state index in [4.69, 9.17) is 4.98 Å². The highest BCUT2D eigenvalue weighted by Crippen LogP contribution is 2.21. The number of nitrogens with zero attached hydrogens (tertiary/aromatic N) is 2. The normalized spacial score (nSPS) is 14.0. The van der Waals surface area contributed by atoms with Gasteiger partial charge in [-0.3, -0.25) is 9.79 Å². The van der Waals surface area contributed by atoms with Crippen LogP contribution in [0.15, 0.2) is 47.5 Å². The molecule has 4 nitrogen and oxygen atoms in total. The fourth-order valence-electron chi connectivity index (χ4n) is 2.42. The van der Waals surface area contributed by atoms with E-state index in [9.17, 15) is 4.79 Å². The fraction of sp³-hybridized carbons (Fsp3) is 0.235. The topological polar surface area (TPSA) is 54.4 Å². The quantitative estimate of drug-likeness (QED) is 0.939. The number of hydrogen-bond donors (Lipinski definition) is 1. The zero-order valence-corrected chi connectivity index (χ0v) is 12.0. The molecule has 1 aliphatic rings. The molecule has 1 aromatic heterocycles. The van der Waals surface area contributed by atoms with Crippen LogP contribution in [0.1, 0.15) is 30.3 Å². The molecule has 1 aliphatic heterocycles. The van der Waals surface area contributed by atoms with Gasteiger partial charge in [-0.2, -0.15) is 0 Å². The molecule has 0 fully saturated rings. The van der Waals surface area contributed by atoms with Crippen molar-refractivity contribution in [3.63, 3.8) is 0 Å². The van der Waals surface area contributed by atoms with E-state index in [1.807, 2.05) is 42.5 Å². The van der Waals surface area contributed by atoms with Crippen LogP contribution >= 0.6 is 0 Å². The van der Waals surface area contributed by atoms with Gasteiger partial charge in [-0.05, 0) is 18.6 Å². The van der Waals surface area contributed by atoms with Crippen molar-refractivity contribution in [2.75, 3.05) is 11.9 Å². The maximum atomic E-state index is 11.8. The second-order valence-corrected chi connectivity index (χ2v) is 5.03. The number of pyridine rings is 1. The Bertz CT molecular complexity index is 692. The lowest BCUT2D eigenvalue weighted by Gasteiger charge is -2.10. The molecule has 0 spiro atoms. The Morgan fingerprint density at radius 1 is 1.14 bits per heavy atom. The third-order valence-corrected chi connectivity index (χ3v) is 3.39. The van der Waals surface area contributed by atoms with E-state index in [2.05, 4.69) is 17.2 Å². The molecule has 1 N–H and O–H groups in total. The summed E-state index contributed by atoms with van der Waals surface area (Å²) in [6.07, 6.45) is 1.96. The Kier molecular flexibility index (Phi) is 3.77. The monoisotopic (exact) mass is 279 g/mol. The summed E-state index contributed by atoms with van der Waals surface area (Å²) in [7, 11) is 0. The van der Waals surface area contributed by atoms with Crippen molar-refractivity contribution in [1.82, 2.24) is 4.98 Å². The number of aryl methyl sites for hydroxylation is 1. The molecule has 2 aromatic rings. The van der Waals surface area contributed by atoms with Crippen molar-refractivity contribution >= 4 is 17.3 Å². The summed E-state index contributed by atoms with van der Waals surface area (Å²) >= 11 is 0. The number of fused-ring (bicyclic) bond motifs is 1. The molecule has 106 valence electrons. The maximum Gasteiger partial charge on any atom is 0.246 e. The van der Waals surface area contributed by atoms with Crippen LogP contribution < -0.4 is 5.32 Å². The van der Waals surface area contributed by atoms with Gasteiger partial charge in [-0.25, -0.2) is 4.98 Å². The zero-order valence-electron chi connectivity index (χ0n) is 12.0. The molecule has 4 heteroatoms. The van der Waals surface area contributed by atoms with E-state index in [1.165, 1.54) is 0 Å². The van der Waals surface area contributed by atoms with E-state index in [1.54, 1.807) is 0 Å². The number of carbonyl (C=O) groups is 1. The molecule has 1 amide bonds. The van der Waals surface area contributed by atoms with Gasteiger partial charge in [-0.1, -0.05) is 43.7 Å². The molecular weight excluding hydrogens is 262 g/mol. The number of nitrogens with one attached hydrogen (secondary N) is 1. The van der Waals surface area contributed by atoms with Crippen LogP contribution in [0, 0.1) is 0 Å². The predicted octanol–water partition coefficient (Wildman–Crippen LogP) is 2.82. The van der Waals surface area contributed by atoms with Crippen LogP contribution in [0.2, 0.25) is 0 Å². The summed E-state index contributed by atoms with van der Waals surface area (Å²) in [4.78, 5) is 21.0. The smallest absolute Gasteiger partial charge is 0.246 e. The Balaban J connectivity index is 2.13. The average molecular weight is 279 g/mol. The molecule has 0 saturated heterocycles. The lowest BCUT2D eigenvalue weighted by Crippen LogP contribution is -2.14. The Labute approximate surface area is 123 Å². The number of anilines is 1. The van der Waals surface area contributed by atoms with Crippen LogP contribution in [0.4, 0.5) is 5.69 Å². The Hall–Kier alpha value is -2.49. The minimum atomic E-state index is -0.104. The first-order valence-corrected chi connectivity index (χ1v) is 7.18. The van der Waals surface area contributed by atoms with E-state index in [0.717, 1.165) is 41.2 Å². The molecule has 1 aromatic carbocycles. The molecule has 21 heavy (non-hydrogen) atoms. The van der Waals surface area contributed by atoms with Crippen LogP contribution in [-0.4, -0.2) is 23.1 Å². The van der Waals surface area contributed by atoms with Crippen molar-refractivity contribution in [3.8, 4) is 0 Å². The third kappa shape index (κ3) is 2.84. The minimum absolute atomic E-state index is 0.104. The lowest BCUT2D eigenvalue weighted by molar-refractivity contribution is -0.114. The zero-order chi connectivity index (χ0) is 14.7. The summed E-state index contributed by atoms with van der Waals surface area (Å²) in [6, 6.07) is 13.8. The molecule has 0 bridgehead atoms. The molecule has 0 saturated carbocycles. The molecule has 3 rings (SSSR count). The first-order valence-electron chi connectivity index (χ1n) is 7.18. The molecule has 0 atom stereocenters. The highest BCUT2D eigenvalue weighted by atomic mass is 16.1. The fourth-order valence-corrected chi connectivity index (χ4v) is 2.42. The van der Waals surface area contributed by atoms with Gasteiger partial charge in [0.1, 0.15) is 12.2 Å². The van der Waals surface area contributed by atoms with Crippen LogP contribution in [0.5, 0.6) is 0 Å². The molecule has 0 unspecified atom stereocenters. The average Bonchev–Trinajstić information content (AvgIpc) is 2.67.